The van der Waals surface area contributed by atoms with Gasteiger partial charge in [0, 0.05) is 31.3 Å². The van der Waals surface area contributed by atoms with Gasteiger partial charge in [-0.05, 0) is 29.7 Å². The van der Waals surface area contributed by atoms with Gasteiger partial charge in [0.15, 0.2) is 0 Å². The second-order valence-electron chi connectivity index (χ2n) is 7.44. The first-order chi connectivity index (χ1) is 14.0. The van der Waals surface area contributed by atoms with Crippen molar-refractivity contribution in [1.82, 2.24) is 9.80 Å². The third-order valence-electron chi connectivity index (χ3n) is 5.56. The van der Waals surface area contributed by atoms with Crippen LogP contribution in [0.25, 0.3) is 0 Å². The molecule has 2 heterocycles. The largest absolute Gasteiger partial charge is 0.497 e. The van der Waals surface area contributed by atoms with E-state index in [1.807, 2.05) is 18.2 Å². The van der Waals surface area contributed by atoms with Gasteiger partial charge in [0.2, 0.25) is 5.91 Å². The van der Waals surface area contributed by atoms with Gasteiger partial charge >= 0.3 is 6.03 Å². The Hall–Kier alpha value is -3.09. The van der Waals surface area contributed by atoms with E-state index in [1.165, 1.54) is 10.5 Å². The molecule has 3 amide bonds. The zero-order chi connectivity index (χ0) is 20.4. The highest BCUT2D eigenvalue weighted by molar-refractivity contribution is 5.94. The lowest BCUT2D eigenvalue weighted by atomic mass is 9.99. The number of fused-ring (bicyclic) bond motifs is 1. The summed E-state index contributed by atoms with van der Waals surface area (Å²) in [4.78, 5) is 29.0. The Bertz CT molecular complexity index is 920. The number of amides is 3. The summed E-state index contributed by atoms with van der Waals surface area (Å²) < 4.78 is 19.4. The van der Waals surface area contributed by atoms with Crippen molar-refractivity contribution in [2.45, 2.75) is 31.6 Å². The number of benzene rings is 2. The van der Waals surface area contributed by atoms with E-state index in [9.17, 15) is 14.0 Å². The van der Waals surface area contributed by atoms with Gasteiger partial charge in [-0.1, -0.05) is 30.3 Å². The fourth-order valence-electron chi connectivity index (χ4n) is 4.03. The summed E-state index contributed by atoms with van der Waals surface area (Å²) in [6.07, 6.45) is -0.413. The first-order valence-electron chi connectivity index (χ1n) is 9.76. The fourth-order valence-corrected chi connectivity index (χ4v) is 4.03. The summed E-state index contributed by atoms with van der Waals surface area (Å²) in [7, 11) is 1.54. The number of halogens is 1. The highest BCUT2D eigenvalue weighted by Gasteiger charge is 2.42. The second kappa shape index (κ2) is 8.11. The molecule has 0 aromatic heterocycles. The second-order valence-corrected chi connectivity index (χ2v) is 7.44. The maximum atomic E-state index is 14.2. The predicted molar refractivity (Wildman–Crippen MR) is 108 cm³/mol. The van der Waals surface area contributed by atoms with Crippen LogP contribution in [-0.2, 0) is 17.8 Å². The molecule has 2 aliphatic heterocycles. The summed E-state index contributed by atoms with van der Waals surface area (Å²) in [6.45, 7) is 0.985. The number of carbonyl (C=O) groups is 2. The number of carbonyl (C=O) groups excluding carboxylic acids is 2. The van der Waals surface area contributed by atoms with Crippen molar-refractivity contribution in [2.24, 2.45) is 0 Å². The fraction of sp³-hybridized carbons (Fsp3) is 0.364. The number of rotatable bonds is 3. The van der Waals surface area contributed by atoms with E-state index in [1.54, 1.807) is 36.3 Å². The van der Waals surface area contributed by atoms with Crippen LogP contribution in [-0.4, -0.2) is 54.2 Å². The van der Waals surface area contributed by atoms with Crippen LogP contribution in [0.4, 0.5) is 14.9 Å². The zero-order valence-electron chi connectivity index (χ0n) is 16.3. The van der Waals surface area contributed by atoms with Crippen LogP contribution in [0.1, 0.15) is 17.5 Å². The van der Waals surface area contributed by atoms with Crippen molar-refractivity contribution in [3.05, 3.63) is 59.7 Å². The Morgan fingerprint density at radius 2 is 1.93 bits per heavy atom. The van der Waals surface area contributed by atoms with E-state index in [0.29, 0.717) is 24.5 Å². The third kappa shape index (κ3) is 4.04. The number of alkyl halides is 1. The Kier molecular flexibility index (Phi) is 5.38. The highest BCUT2D eigenvalue weighted by atomic mass is 19.1. The first-order valence-corrected chi connectivity index (χ1v) is 9.76. The first kappa shape index (κ1) is 19.2. The van der Waals surface area contributed by atoms with E-state index in [4.69, 9.17) is 4.74 Å². The smallest absolute Gasteiger partial charge is 0.322 e. The molecule has 6 nitrogen and oxygen atoms in total. The minimum atomic E-state index is -1.21. The van der Waals surface area contributed by atoms with Crippen LogP contribution in [0.5, 0.6) is 5.75 Å². The lowest BCUT2D eigenvalue weighted by molar-refractivity contribution is -0.136. The van der Waals surface area contributed by atoms with Gasteiger partial charge in [-0.15, -0.1) is 0 Å². The van der Waals surface area contributed by atoms with Gasteiger partial charge in [-0.3, -0.25) is 4.79 Å². The number of nitrogens with zero attached hydrogens (tertiary/aromatic N) is 2. The molecule has 2 aliphatic rings. The molecular weight excluding hydrogens is 373 g/mol. The number of ether oxygens (including phenoxy) is 1. The lowest BCUT2D eigenvalue weighted by Gasteiger charge is -2.33. The van der Waals surface area contributed by atoms with Gasteiger partial charge < -0.3 is 19.9 Å². The zero-order valence-corrected chi connectivity index (χ0v) is 16.3. The van der Waals surface area contributed by atoms with Gasteiger partial charge in [-0.25, -0.2) is 9.18 Å². The van der Waals surface area contributed by atoms with E-state index in [-0.39, 0.29) is 18.9 Å². The van der Waals surface area contributed by atoms with Crippen LogP contribution in [0, 0.1) is 0 Å². The molecule has 0 aliphatic carbocycles. The normalized spacial score (nSPS) is 20.9. The quantitative estimate of drug-likeness (QED) is 0.865. The Balaban J connectivity index is 1.47. The minimum absolute atomic E-state index is 0.0303. The van der Waals surface area contributed by atoms with Crippen molar-refractivity contribution in [3.8, 4) is 5.75 Å². The maximum Gasteiger partial charge on any atom is 0.322 e. The SMILES string of the molecule is COc1cccc(NC(=O)N2C[C@@H](F)C[C@H]2C(=O)N2CCc3ccccc3C2)c1. The maximum absolute atomic E-state index is 14.2. The molecule has 2 aromatic carbocycles. The van der Waals surface area contributed by atoms with E-state index < -0.39 is 18.2 Å². The number of hydrogen-bond acceptors (Lipinski definition) is 3. The van der Waals surface area contributed by atoms with Gasteiger partial charge in [0.25, 0.3) is 0 Å². The molecule has 0 spiro atoms. The molecule has 1 N–H and O–H groups in total. The van der Waals surface area contributed by atoms with Crippen molar-refractivity contribution < 1.29 is 18.7 Å². The summed E-state index contributed by atoms with van der Waals surface area (Å²) in [5.74, 6) is 0.410. The number of urea groups is 1. The molecule has 1 fully saturated rings. The molecule has 2 aromatic rings. The van der Waals surface area contributed by atoms with E-state index in [2.05, 4.69) is 11.4 Å². The van der Waals surface area contributed by atoms with Crippen molar-refractivity contribution in [3.63, 3.8) is 0 Å². The Morgan fingerprint density at radius 3 is 2.72 bits per heavy atom. The summed E-state index contributed by atoms with van der Waals surface area (Å²) in [5.41, 5.74) is 2.88. The van der Waals surface area contributed by atoms with Crippen LogP contribution in [0.3, 0.4) is 0 Å². The van der Waals surface area contributed by atoms with Crippen molar-refractivity contribution in [1.29, 1.82) is 0 Å². The predicted octanol–water partition coefficient (Wildman–Crippen LogP) is 3.22. The Morgan fingerprint density at radius 1 is 1.14 bits per heavy atom. The van der Waals surface area contributed by atoms with E-state index >= 15 is 0 Å². The molecule has 4 rings (SSSR count). The summed E-state index contributed by atoms with van der Waals surface area (Å²) in [6, 6.07) is 13.7. The lowest BCUT2D eigenvalue weighted by Crippen LogP contribution is -2.50. The number of likely N-dealkylation sites (tertiary alicyclic amines) is 1. The molecular formula is C22H24FN3O3. The molecule has 0 saturated carbocycles. The minimum Gasteiger partial charge on any atom is -0.497 e. The summed E-state index contributed by atoms with van der Waals surface area (Å²) in [5, 5.41) is 2.75. The highest BCUT2D eigenvalue weighted by Crippen LogP contribution is 2.27. The molecule has 0 radical (unpaired) electrons. The average Bonchev–Trinajstić information content (AvgIpc) is 3.15. The van der Waals surface area contributed by atoms with Gasteiger partial charge in [-0.2, -0.15) is 0 Å². The van der Waals surface area contributed by atoms with Crippen molar-refractivity contribution in [2.75, 3.05) is 25.5 Å². The molecule has 29 heavy (non-hydrogen) atoms. The van der Waals surface area contributed by atoms with Gasteiger partial charge in [0.1, 0.15) is 18.0 Å². The van der Waals surface area contributed by atoms with Crippen LogP contribution in [0.15, 0.2) is 48.5 Å². The molecule has 2 atom stereocenters. The topological polar surface area (TPSA) is 61.9 Å². The summed E-state index contributed by atoms with van der Waals surface area (Å²) >= 11 is 0. The van der Waals surface area contributed by atoms with Crippen LogP contribution >= 0.6 is 0 Å². The van der Waals surface area contributed by atoms with E-state index in [0.717, 1.165) is 12.0 Å². The molecule has 0 bridgehead atoms. The molecule has 1 saturated heterocycles. The molecule has 152 valence electrons. The third-order valence-corrected chi connectivity index (χ3v) is 5.56. The van der Waals surface area contributed by atoms with Crippen LogP contribution < -0.4 is 10.1 Å². The number of nitrogens with one attached hydrogen (secondary N) is 1. The average molecular weight is 397 g/mol. The number of methoxy groups -OCH3 is 1. The Labute approximate surface area is 169 Å². The van der Waals surface area contributed by atoms with Crippen molar-refractivity contribution >= 4 is 17.6 Å². The number of anilines is 1. The standard InChI is InChI=1S/C22H24FN3O3/c1-29-19-8-4-7-18(12-19)24-22(28)26-14-17(23)11-20(26)21(27)25-10-9-15-5-2-3-6-16(15)13-25/h2-8,12,17,20H,9-11,13-14H2,1H3,(H,24,28)/t17-,20-/m0/s1. The van der Waals surface area contributed by atoms with Gasteiger partial charge in [0.05, 0.1) is 13.7 Å². The molecule has 0 unspecified atom stereocenters. The number of hydrogen-bond donors (Lipinski definition) is 1. The molecule has 7 heteroatoms. The van der Waals surface area contributed by atoms with Crippen LogP contribution in [0.2, 0.25) is 0 Å². The monoisotopic (exact) mass is 397 g/mol.